The molecule has 0 bridgehead atoms. The van der Waals surface area contributed by atoms with Crippen molar-refractivity contribution in [2.45, 2.75) is 11.8 Å². The summed E-state index contributed by atoms with van der Waals surface area (Å²) in [6.45, 7) is 1.86. The lowest BCUT2D eigenvalue weighted by Gasteiger charge is -2.00. The summed E-state index contributed by atoms with van der Waals surface area (Å²) in [5.41, 5.74) is 1.44. The van der Waals surface area contributed by atoms with Crippen LogP contribution < -0.4 is 0 Å². The Labute approximate surface area is 89.8 Å². The lowest BCUT2D eigenvalue weighted by molar-refractivity contribution is 0.106. The fraction of sp³-hybridized carbons (Fsp3) is 0.111. The summed E-state index contributed by atoms with van der Waals surface area (Å²) in [7, 11) is 0. The summed E-state index contributed by atoms with van der Waals surface area (Å²) in [6, 6.07) is 3.52. The van der Waals surface area contributed by atoms with E-state index in [1.807, 2.05) is 6.92 Å². The average Bonchev–Trinajstić information content (AvgIpc) is 2.44. The third kappa shape index (κ3) is 1.31. The number of carbonyl (C=O) groups is 1. The van der Waals surface area contributed by atoms with Crippen molar-refractivity contribution in [2.75, 3.05) is 0 Å². The SMILES string of the molecule is Cc1cc(Cl)c2c(c1)C(=O)C(=NO)S2. The van der Waals surface area contributed by atoms with Gasteiger partial charge in [0.15, 0.2) is 5.04 Å². The van der Waals surface area contributed by atoms with E-state index < -0.39 is 0 Å². The molecular weight excluding hydrogens is 222 g/mol. The molecule has 3 nitrogen and oxygen atoms in total. The number of thioether (sulfide) groups is 1. The zero-order chi connectivity index (χ0) is 10.3. The molecule has 2 rings (SSSR count). The minimum Gasteiger partial charge on any atom is -0.410 e. The van der Waals surface area contributed by atoms with Crippen LogP contribution in [-0.4, -0.2) is 16.0 Å². The topological polar surface area (TPSA) is 49.7 Å². The van der Waals surface area contributed by atoms with Gasteiger partial charge in [-0.3, -0.25) is 4.79 Å². The van der Waals surface area contributed by atoms with E-state index >= 15 is 0 Å². The molecule has 1 N–H and O–H groups in total. The molecule has 0 saturated heterocycles. The molecule has 1 aromatic carbocycles. The van der Waals surface area contributed by atoms with Crippen molar-refractivity contribution in [3.05, 3.63) is 28.3 Å². The number of carbonyl (C=O) groups excluding carboxylic acids is 1. The Bertz CT molecular complexity index is 456. The quantitative estimate of drug-likeness (QED) is 0.548. The van der Waals surface area contributed by atoms with Gasteiger partial charge in [0.25, 0.3) is 0 Å². The summed E-state index contributed by atoms with van der Waals surface area (Å²) < 4.78 is 0. The first-order chi connectivity index (χ1) is 6.63. The molecule has 0 amide bonds. The van der Waals surface area contributed by atoms with Crippen LogP contribution in [0.4, 0.5) is 0 Å². The number of hydrogen-bond acceptors (Lipinski definition) is 4. The standard InChI is InChI=1S/C9H6ClNO2S/c1-4-2-5-7(12)9(11-13)14-8(5)6(10)3-4/h2-3,13H,1H3. The number of Topliss-reactive ketones (excluding diaryl/α,β-unsaturated/α-hetero) is 1. The maximum absolute atomic E-state index is 11.6. The maximum atomic E-state index is 11.6. The van der Waals surface area contributed by atoms with Crippen molar-refractivity contribution < 1.29 is 10.0 Å². The van der Waals surface area contributed by atoms with Crippen LogP contribution >= 0.6 is 23.4 Å². The predicted octanol–water partition coefficient (Wildman–Crippen LogP) is 2.72. The Kier molecular flexibility index (Phi) is 2.25. The van der Waals surface area contributed by atoms with Crippen molar-refractivity contribution in [3.8, 4) is 0 Å². The lowest BCUT2D eigenvalue weighted by Crippen LogP contribution is -2.03. The van der Waals surface area contributed by atoms with E-state index in [9.17, 15) is 4.79 Å². The normalized spacial score (nSPS) is 17.6. The van der Waals surface area contributed by atoms with Crippen molar-refractivity contribution in [3.63, 3.8) is 0 Å². The largest absolute Gasteiger partial charge is 0.410 e. The van der Waals surface area contributed by atoms with Gasteiger partial charge in [-0.05, 0) is 24.6 Å². The van der Waals surface area contributed by atoms with E-state index in [0.29, 0.717) is 15.5 Å². The van der Waals surface area contributed by atoms with Gasteiger partial charge in [-0.1, -0.05) is 28.5 Å². The molecule has 1 heterocycles. The van der Waals surface area contributed by atoms with Crippen LogP contribution in [0.2, 0.25) is 5.02 Å². The Morgan fingerprint density at radius 2 is 2.21 bits per heavy atom. The molecule has 1 aliphatic rings. The number of ketones is 1. The third-order valence-electron chi connectivity index (χ3n) is 1.92. The van der Waals surface area contributed by atoms with E-state index in [-0.39, 0.29) is 10.8 Å². The molecule has 72 valence electrons. The monoisotopic (exact) mass is 227 g/mol. The van der Waals surface area contributed by atoms with Gasteiger partial charge in [0.1, 0.15) is 0 Å². The number of oxime groups is 1. The number of benzene rings is 1. The van der Waals surface area contributed by atoms with Crippen LogP contribution in [0.25, 0.3) is 0 Å². The number of aryl methyl sites for hydroxylation is 1. The number of hydrogen-bond donors (Lipinski definition) is 1. The van der Waals surface area contributed by atoms with Crippen molar-refractivity contribution in [2.24, 2.45) is 5.16 Å². The molecule has 1 aliphatic heterocycles. The molecule has 0 aromatic heterocycles. The molecule has 0 spiro atoms. The Morgan fingerprint density at radius 3 is 2.86 bits per heavy atom. The molecule has 0 radical (unpaired) electrons. The van der Waals surface area contributed by atoms with E-state index in [2.05, 4.69) is 5.16 Å². The van der Waals surface area contributed by atoms with Crippen molar-refractivity contribution in [1.82, 2.24) is 0 Å². The van der Waals surface area contributed by atoms with Gasteiger partial charge in [-0.25, -0.2) is 0 Å². The Hall–Kier alpha value is -1.00. The Morgan fingerprint density at radius 1 is 1.50 bits per heavy atom. The van der Waals surface area contributed by atoms with Crippen LogP contribution in [0.5, 0.6) is 0 Å². The predicted molar refractivity (Wildman–Crippen MR) is 55.6 cm³/mol. The van der Waals surface area contributed by atoms with Gasteiger partial charge >= 0.3 is 0 Å². The van der Waals surface area contributed by atoms with Gasteiger partial charge in [-0.2, -0.15) is 0 Å². The van der Waals surface area contributed by atoms with Crippen molar-refractivity contribution in [1.29, 1.82) is 0 Å². The number of rotatable bonds is 0. The molecule has 14 heavy (non-hydrogen) atoms. The molecule has 0 aliphatic carbocycles. The zero-order valence-corrected chi connectivity index (χ0v) is 8.82. The Balaban J connectivity index is 2.65. The summed E-state index contributed by atoms with van der Waals surface area (Å²) in [5, 5.41) is 12.1. The van der Waals surface area contributed by atoms with Crippen LogP contribution in [0.1, 0.15) is 15.9 Å². The highest BCUT2D eigenvalue weighted by atomic mass is 35.5. The van der Waals surface area contributed by atoms with E-state index in [0.717, 1.165) is 17.3 Å². The second kappa shape index (κ2) is 3.29. The highest BCUT2D eigenvalue weighted by Gasteiger charge is 2.30. The lowest BCUT2D eigenvalue weighted by atomic mass is 10.1. The zero-order valence-electron chi connectivity index (χ0n) is 7.24. The molecule has 0 fully saturated rings. The smallest absolute Gasteiger partial charge is 0.222 e. The molecule has 1 aromatic rings. The molecular formula is C9H6ClNO2S. The number of fused-ring (bicyclic) bond motifs is 1. The average molecular weight is 228 g/mol. The second-order valence-corrected chi connectivity index (χ2v) is 4.37. The van der Waals surface area contributed by atoms with E-state index in [4.69, 9.17) is 16.8 Å². The summed E-state index contributed by atoms with van der Waals surface area (Å²) in [5.74, 6) is -0.266. The van der Waals surface area contributed by atoms with Crippen molar-refractivity contribution >= 4 is 34.2 Å². The van der Waals surface area contributed by atoms with Gasteiger partial charge < -0.3 is 5.21 Å². The molecule has 5 heteroatoms. The molecule has 0 unspecified atom stereocenters. The molecule has 0 saturated carbocycles. The fourth-order valence-electron chi connectivity index (χ4n) is 1.33. The van der Waals surface area contributed by atoms with Gasteiger partial charge in [0, 0.05) is 10.5 Å². The van der Waals surface area contributed by atoms with E-state index in [1.54, 1.807) is 12.1 Å². The van der Waals surface area contributed by atoms with Gasteiger partial charge in [0.05, 0.1) is 5.02 Å². The van der Waals surface area contributed by atoms with Crippen LogP contribution in [0, 0.1) is 6.92 Å². The first-order valence-corrected chi connectivity index (χ1v) is 5.07. The van der Waals surface area contributed by atoms with Gasteiger partial charge in [0.2, 0.25) is 5.78 Å². The fourth-order valence-corrected chi connectivity index (χ4v) is 2.57. The number of halogens is 1. The van der Waals surface area contributed by atoms with Crippen LogP contribution in [0.15, 0.2) is 22.2 Å². The summed E-state index contributed by atoms with van der Waals surface area (Å²) >= 11 is 7.05. The van der Waals surface area contributed by atoms with Crippen LogP contribution in [0.3, 0.4) is 0 Å². The highest BCUT2D eigenvalue weighted by Crippen LogP contribution is 2.39. The van der Waals surface area contributed by atoms with E-state index in [1.165, 1.54) is 0 Å². The maximum Gasteiger partial charge on any atom is 0.222 e. The molecule has 0 atom stereocenters. The number of nitrogens with zero attached hydrogens (tertiary/aromatic N) is 1. The minimum atomic E-state index is -0.266. The third-order valence-corrected chi connectivity index (χ3v) is 3.43. The van der Waals surface area contributed by atoms with Crippen LogP contribution in [-0.2, 0) is 0 Å². The van der Waals surface area contributed by atoms with Gasteiger partial charge in [-0.15, -0.1) is 0 Å². The summed E-state index contributed by atoms with van der Waals surface area (Å²) in [4.78, 5) is 12.2. The summed E-state index contributed by atoms with van der Waals surface area (Å²) in [6.07, 6.45) is 0. The minimum absolute atomic E-state index is 0.0764. The first kappa shape index (κ1) is 9.55. The highest BCUT2D eigenvalue weighted by molar-refractivity contribution is 8.16. The first-order valence-electron chi connectivity index (χ1n) is 3.88. The second-order valence-electron chi connectivity index (χ2n) is 2.96.